The number of pyridine rings is 1. The van der Waals surface area contributed by atoms with Crippen molar-refractivity contribution >= 4 is 57.6 Å². The van der Waals surface area contributed by atoms with Crippen LogP contribution >= 0.6 is 46.8 Å². The van der Waals surface area contributed by atoms with Crippen LogP contribution in [-0.4, -0.2) is 17.2 Å². The summed E-state index contributed by atoms with van der Waals surface area (Å²) in [6.45, 7) is 0. The van der Waals surface area contributed by atoms with E-state index in [9.17, 15) is 0 Å². The van der Waals surface area contributed by atoms with Gasteiger partial charge in [0.25, 0.3) is 0 Å². The second-order valence-electron chi connectivity index (χ2n) is 5.96. The van der Waals surface area contributed by atoms with Gasteiger partial charge in [-0.15, -0.1) is 11.3 Å². The Morgan fingerprint density at radius 2 is 2.04 bits per heavy atom. The first-order valence-electron chi connectivity index (χ1n) is 8.18. The van der Waals surface area contributed by atoms with Gasteiger partial charge in [-0.05, 0) is 54.7 Å². The minimum atomic E-state index is -0.103. The van der Waals surface area contributed by atoms with Crippen LogP contribution in [0.1, 0.15) is 22.7 Å². The summed E-state index contributed by atoms with van der Waals surface area (Å²) >= 11 is 19.8. The molecule has 4 nitrogen and oxygen atoms in total. The quantitative estimate of drug-likeness (QED) is 0.536. The van der Waals surface area contributed by atoms with Crippen LogP contribution in [0.5, 0.6) is 5.75 Å². The summed E-state index contributed by atoms with van der Waals surface area (Å²) in [4.78, 5) is 7.68. The summed E-state index contributed by atoms with van der Waals surface area (Å²) < 4.78 is 6.00. The molecule has 2 aromatic heterocycles. The van der Waals surface area contributed by atoms with Gasteiger partial charge in [0.15, 0.2) is 5.11 Å². The number of benzene rings is 1. The number of hydrogen-bond donors (Lipinski definition) is 1. The van der Waals surface area contributed by atoms with Crippen LogP contribution in [-0.2, 0) is 0 Å². The molecular formula is C19H15Cl2N3OS2. The molecule has 1 fully saturated rings. The molecule has 0 amide bonds. The van der Waals surface area contributed by atoms with Crippen molar-refractivity contribution < 1.29 is 4.74 Å². The fourth-order valence-corrected chi connectivity index (χ4v) is 5.00. The number of ether oxygens (including phenoxy) is 1. The molecule has 1 aliphatic rings. The number of thiocarbonyl (C=S) groups is 1. The highest BCUT2D eigenvalue weighted by molar-refractivity contribution is 7.80. The van der Waals surface area contributed by atoms with E-state index in [1.165, 1.54) is 11.3 Å². The van der Waals surface area contributed by atoms with E-state index >= 15 is 0 Å². The zero-order chi connectivity index (χ0) is 19.0. The Balaban J connectivity index is 1.81. The van der Waals surface area contributed by atoms with E-state index in [1.807, 2.05) is 48.5 Å². The molecule has 2 atom stereocenters. The van der Waals surface area contributed by atoms with Crippen LogP contribution in [0.3, 0.4) is 0 Å². The molecule has 138 valence electrons. The highest BCUT2D eigenvalue weighted by Gasteiger charge is 2.41. The molecule has 3 aromatic rings. The Bertz CT molecular complexity index is 980. The number of methoxy groups -OCH3 is 1. The predicted molar refractivity (Wildman–Crippen MR) is 115 cm³/mol. The van der Waals surface area contributed by atoms with E-state index in [4.69, 9.17) is 40.2 Å². The van der Waals surface area contributed by atoms with Crippen molar-refractivity contribution in [2.24, 2.45) is 0 Å². The van der Waals surface area contributed by atoms with Crippen LogP contribution in [0.25, 0.3) is 0 Å². The number of nitrogens with one attached hydrogen (secondary N) is 1. The van der Waals surface area contributed by atoms with Crippen LogP contribution < -0.4 is 15.0 Å². The fraction of sp³-hybridized carbons (Fsp3) is 0.158. The van der Waals surface area contributed by atoms with Crippen molar-refractivity contribution in [2.75, 3.05) is 12.0 Å². The number of thiophene rings is 1. The van der Waals surface area contributed by atoms with Crippen molar-refractivity contribution in [1.29, 1.82) is 0 Å². The number of rotatable bonds is 4. The van der Waals surface area contributed by atoms with Gasteiger partial charge in [0.05, 0.1) is 34.2 Å². The second kappa shape index (κ2) is 7.64. The number of aromatic nitrogens is 1. The lowest BCUT2D eigenvalue weighted by atomic mass is 10.0. The van der Waals surface area contributed by atoms with Crippen molar-refractivity contribution in [3.63, 3.8) is 0 Å². The maximum atomic E-state index is 6.36. The summed E-state index contributed by atoms with van der Waals surface area (Å²) in [5.74, 6) is 0.621. The van der Waals surface area contributed by atoms with Gasteiger partial charge in [-0.2, -0.15) is 0 Å². The summed E-state index contributed by atoms with van der Waals surface area (Å²) in [6.07, 6.45) is 1.78. The third-order valence-corrected chi connectivity index (χ3v) is 6.31. The highest BCUT2D eigenvalue weighted by Crippen LogP contribution is 2.45. The highest BCUT2D eigenvalue weighted by atomic mass is 35.5. The molecule has 27 heavy (non-hydrogen) atoms. The van der Waals surface area contributed by atoms with Crippen molar-refractivity contribution in [3.05, 3.63) is 74.7 Å². The third-order valence-electron chi connectivity index (χ3n) is 4.40. The van der Waals surface area contributed by atoms with Gasteiger partial charge in [-0.1, -0.05) is 29.3 Å². The molecule has 3 heterocycles. The maximum Gasteiger partial charge on any atom is 0.174 e. The monoisotopic (exact) mass is 435 g/mol. The van der Waals surface area contributed by atoms with Gasteiger partial charge in [0.1, 0.15) is 5.75 Å². The summed E-state index contributed by atoms with van der Waals surface area (Å²) in [5, 5.41) is 4.55. The first kappa shape index (κ1) is 18.5. The summed E-state index contributed by atoms with van der Waals surface area (Å²) in [5.41, 5.74) is 1.79. The molecule has 0 radical (unpaired) electrons. The summed E-state index contributed by atoms with van der Waals surface area (Å²) in [7, 11) is 1.59. The molecule has 0 saturated carbocycles. The lowest BCUT2D eigenvalue weighted by molar-refractivity contribution is 0.415. The largest absolute Gasteiger partial charge is 0.495 e. The van der Waals surface area contributed by atoms with Gasteiger partial charge in [-0.25, -0.2) is 0 Å². The zero-order valence-corrected chi connectivity index (χ0v) is 17.4. The molecule has 1 N–H and O–H groups in total. The van der Waals surface area contributed by atoms with E-state index in [0.717, 1.165) is 20.6 Å². The van der Waals surface area contributed by atoms with E-state index in [-0.39, 0.29) is 12.1 Å². The minimum absolute atomic E-state index is 0.0886. The molecule has 1 aliphatic heterocycles. The van der Waals surface area contributed by atoms with E-state index in [0.29, 0.717) is 15.9 Å². The van der Waals surface area contributed by atoms with Gasteiger partial charge >= 0.3 is 0 Å². The van der Waals surface area contributed by atoms with Gasteiger partial charge in [0.2, 0.25) is 0 Å². The summed E-state index contributed by atoms with van der Waals surface area (Å²) in [6, 6.07) is 15.2. The van der Waals surface area contributed by atoms with E-state index in [1.54, 1.807) is 13.3 Å². The minimum Gasteiger partial charge on any atom is -0.495 e. The smallest absolute Gasteiger partial charge is 0.174 e. The van der Waals surface area contributed by atoms with E-state index in [2.05, 4.69) is 15.2 Å². The van der Waals surface area contributed by atoms with Crippen molar-refractivity contribution in [2.45, 2.75) is 12.1 Å². The second-order valence-corrected chi connectivity index (χ2v) is 8.50. The zero-order valence-electron chi connectivity index (χ0n) is 14.2. The molecular weight excluding hydrogens is 421 g/mol. The van der Waals surface area contributed by atoms with Crippen molar-refractivity contribution in [3.8, 4) is 5.75 Å². The van der Waals surface area contributed by atoms with E-state index < -0.39 is 0 Å². The Labute approximate surface area is 176 Å². The van der Waals surface area contributed by atoms with Crippen LogP contribution in [0.4, 0.5) is 5.69 Å². The average molecular weight is 436 g/mol. The molecule has 0 unspecified atom stereocenters. The molecule has 1 aromatic carbocycles. The SMILES string of the molecule is COc1ccc(N2C(=S)N[C@@H](c3ccccn3)[C@H]2c2ccc(Cl)s2)cc1Cl. The topological polar surface area (TPSA) is 37.4 Å². The van der Waals surface area contributed by atoms with Crippen molar-refractivity contribution in [1.82, 2.24) is 10.3 Å². The van der Waals surface area contributed by atoms with Gasteiger partial charge < -0.3 is 15.0 Å². The molecule has 4 rings (SSSR count). The predicted octanol–water partition coefficient (Wildman–Crippen LogP) is 5.64. The Morgan fingerprint density at radius 1 is 1.19 bits per heavy atom. The molecule has 0 bridgehead atoms. The standard InChI is InChI=1S/C19H15Cl2N3OS2/c1-25-14-6-5-11(10-12(14)20)24-18(15-7-8-16(21)27-15)17(23-19(24)26)13-4-2-3-9-22-13/h2-10,17-18H,1H3,(H,23,26)/t17-,18+/m0/s1. The first-order chi connectivity index (χ1) is 13.1. The van der Waals surface area contributed by atoms with Crippen LogP contribution in [0.15, 0.2) is 54.7 Å². The third kappa shape index (κ3) is 3.50. The van der Waals surface area contributed by atoms with Gasteiger partial charge in [0, 0.05) is 16.8 Å². The Kier molecular flexibility index (Phi) is 5.23. The Morgan fingerprint density at radius 3 is 2.67 bits per heavy atom. The maximum absolute atomic E-state index is 6.36. The number of hydrogen-bond acceptors (Lipinski definition) is 4. The molecule has 0 spiro atoms. The van der Waals surface area contributed by atoms with Crippen LogP contribution in [0, 0.1) is 0 Å². The molecule has 0 aliphatic carbocycles. The lowest BCUT2D eigenvalue weighted by Gasteiger charge is -2.27. The number of anilines is 1. The average Bonchev–Trinajstić information content (AvgIpc) is 3.25. The molecule has 1 saturated heterocycles. The lowest BCUT2D eigenvalue weighted by Crippen LogP contribution is -2.29. The number of nitrogens with zero attached hydrogens (tertiary/aromatic N) is 2. The first-order valence-corrected chi connectivity index (χ1v) is 10.2. The Hall–Kier alpha value is -1.86. The fourth-order valence-electron chi connectivity index (χ4n) is 3.21. The number of halogens is 2. The van der Waals surface area contributed by atoms with Gasteiger partial charge in [-0.3, -0.25) is 4.98 Å². The molecule has 8 heteroatoms. The van der Waals surface area contributed by atoms with Crippen LogP contribution in [0.2, 0.25) is 9.36 Å². The normalized spacial score (nSPS) is 19.2.